The van der Waals surface area contributed by atoms with Gasteiger partial charge in [0.1, 0.15) is 5.75 Å². The van der Waals surface area contributed by atoms with Gasteiger partial charge in [-0.05, 0) is 60.7 Å². The van der Waals surface area contributed by atoms with Gasteiger partial charge < -0.3 is 10.8 Å². The molecule has 1 fully saturated rings. The molecule has 0 atom stereocenters. The molecule has 2 aromatic carbocycles. The third-order valence-electron chi connectivity index (χ3n) is 4.50. The molecule has 0 bridgehead atoms. The Labute approximate surface area is 147 Å². The standard InChI is InChI=1S/C19H22ClN3O/c20-18-11-14(13-4-2-1-3-5-13)10-15(19(18)24)12-22-23-17-8-6-16(21)7-9-17/h6-13,23-24H,1-5,21H2/b22-12+. The van der Waals surface area contributed by atoms with E-state index in [-0.39, 0.29) is 5.75 Å². The lowest BCUT2D eigenvalue weighted by atomic mass is 9.83. The number of nitrogen functional groups attached to an aromatic ring is 1. The number of rotatable bonds is 4. The molecule has 5 heteroatoms. The second kappa shape index (κ2) is 7.58. The number of hydrogen-bond donors (Lipinski definition) is 3. The van der Waals surface area contributed by atoms with Crippen LogP contribution in [-0.2, 0) is 0 Å². The molecule has 0 spiro atoms. The van der Waals surface area contributed by atoms with Crippen LogP contribution in [0.5, 0.6) is 5.75 Å². The highest BCUT2D eigenvalue weighted by Gasteiger charge is 2.18. The summed E-state index contributed by atoms with van der Waals surface area (Å²) in [7, 11) is 0. The molecule has 2 aromatic rings. The third kappa shape index (κ3) is 4.01. The van der Waals surface area contributed by atoms with Crippen molar-refractivity contribution >= 4 is 29.2 Å². The van der Waals surface area contributed by atoms with Crippen molar-refractivity contribution in [1.82, 2.24) is 0 Å². The van der Waals surface area contributed by atoms with E-state index in [0.29, 0.717) is 22.2 Å². The Balaban J connectivity index is 1.77. The molecule has 0 saturated heterocycles. The van der Waals surface area contributed by atoms with Gasteiger partial charge in [-0.3, -0.25) is 5.43 Å². The zero-order valence-electron chi connectivity index (χ0n) is 13.5. The minimum Gasteiger partial charge on any atom is -0.506 e. The van der Waals surface area contributed by atoms with Crippen molar-refractivity contribution in [2.45, 2.75) is 38.0 Å². The Morgan fingerprint density at radius 2 is 1.83 bits per heavy atom. The Kier molecular flexibility index (Phi) is 5.26. The maximum absolute atomic E-state index is 10.2. The van der Waals surface area contributed by atoms with Gasteiger partial charge in [0.05, 0.1) is 16.9 Å². The molecule has 0 aromatic heterocycles. The normalized spacial score (nSPS) is 15.7. The lowest BCUT2D eigenvalue weighted by Gasteiger charge is -2.22. The van der Waals surface area contributed by atoms with Crippen LogP contribution in [0, 0.1) is 0 Å². The molecule has 126 valence electrons. The maximum atomic E-state index is 10.2. The molecule has 1 aliphatic rings. The number of aromatic hydroxyl groups is 1. The zero-order valence-corrected chi connectivity index (χ0v) is 14.3. The number of hydrazone groups is 1. The summed E-state index contributed by atoms with van der Waals surface area (Å²) in [6, 6.07) is 11.2. The van der Waals surface area contributed by atoms with Crippen molar-refractivity contribution in [1.29, 1.82) is 0 Å². The predicted octanol–water partition coefficient (Wildman–Crippen LogP) is 5.12. The first-order valence-electron chi connectivity index (χ1n) is 8.30. The fraction of sp³-hybridized carbons (Fsp3) is 0.316. The summed E-state index contributed by atoms with van der Waals surface area (Å²) in [6.45, 7) is 0. The number of benzene rings is 2. The summed E-state index contributed by atoms with van der Waals surface area (Å²) in [5.41, 5.74) is 11.9. The molecule has 1 aliphatic carbocycles. The molecule has 0 aliphatic heterocycles. The van der Waals surface area contributed by atoms with Crippen molar-refractivity contribution in [3.8, 4) is 5.75 Å². The summed E-state index contributed by atoms with van der Waals surface area (Å²) in [4.78, 5) is 0. The van der Waals surface area contributed by atoms with Crippen molar-refractivity contribution in [2.24, 2.45) is 5.10 Å². The number of phenolic OH excluding ortho intramolecular Hbond substituents is 1. The second-order valence-electron chi connectivity index (χ2n) is 6.27. The molecule has 4 nitrogen and oxygen atoms in total. The molecule has 0 heterocycles. The van der Waals surface area contributed by atoms with Gasteiger partial charge in [-0.15, -0.1) is 0 Å². The zero-order chi connectivity index (χ0) is 16.9. The Morgan fingerprint density at radius 1 is 1.12 bits per heavy atom. The van der Waals surface area contributed by atoms with E-state index in [1.54, 1.807) is 18.3 Å². The van der Waals surface area contributed by atoms with Crippen LogP contribution in [0.2, 0.25) is 5.02 Å². The van der Waals surface area contributed by atoms with Crippen LogP contribution in [0.1, 0.15) is 49.1 Å². The molecule has 24 heavy (non-hydrogen) atoms. The first kappa shape index (κ1) is 16.7. The Morgan fingerprint density at radius 3 is 2.54 bits per heavy atom. The van der Waals surface area contributed by atoms with Gasteiger partial charge in [-0.1, -0.05) is 30.9 Å². The van der Waals surface area contributed by atoms with Gasteiger partial charge in [0.2, 0.25) is 0 Å². The topological polar surface area (TPSA) is 70.6 Å². The monoisotopic (exact) mass is 343 g/mol. The van der Waals surface area contributed by atoms with Crippen LogP contribution >= 0.6 is 11.6 Å². The molecular weight excluding hydrogens is 322 g/mol. The summed E-state index contributed by atoms with van der Waals surface area (Å²) in [5, 5.41) is 14.8. The Bertz CT molecular complexity index is 722. The van der Waals surface area contributed by atoms with E-state index in [2.05, 4.69) is 10.5 Å². The lowest BCUT2D eigenvalue weighted by molar-refractivity contribution is 0.441. The van der Waals surface area contributed by atoms with Gasteiger partial charge in [0.25, 0.3) is 0 Å². The van der Waals surface area contributed by atoms with Crippen LogP contribution in [0.3, 0.4) is 0 Å². The van der Waals surface area contributed by atoms with Crippen molar-refractivity contribution in [3.05, 3.63) is 52.5 Å². The van der Waals surface area contributed by atoms with Crippen LogP contribution < -0.4 is 11.2 Å². The van der Waals surface area contributed by atoms with E-state index in [4.69, 9.17) is 17.3 Å². The van der Waals surface area contributed by atoms with E-state index < -0.39 is 0 Å². The van der Waals surface area contributed by atoms with Crippen LogP contribution in [-0.4, -0.2) is 11.3 Å². The number of halogens is 1. The lowest BCUT2D eigenvalue weighted by Crippen LogP contribution is -2.05. The summed E-state index contributed by atoms with van der Waals surface area (Å²) in [6.07, 6.45) is 7.78. The fourth-order valence-corrected chi connectivity index (χ4v) is 3.38. The van der Waals surface area contributed by atoms with Gasteiger partial charge in [0.15, 0.2) is 0 Å². The molecule has 4 N–H and O–H groups in total. The smallest absolute Gasteiger partial charge is 0.143 e. The van der Waals surface area contributed by atoms with E-state index in [0.717, 1.165) is 5.69 Å². The highest BCUT2D eigenvalue weighted by atomic mass is 35.5. The second-order valence-corrected chi connectivity index (χ2v) is 6.67. The predicted molar refractivity (Wildman–Crippen MR) is 101 cm³/mol. The molecular formula is C19H22ClN3O. The van der Waals surface area contributed by atoms with Crippen molar-refractivity contribution < 1.29 is 5.11 Å². The van der Waals surface area contributed by atoms with Gasteiger partial charge in [0, 0.05) is 11.3 Å². The number of hydrogen-bond acceptors (Lipinski definition) is 4. The summed E-state index contributed by atoms with van der Waals surface area (Å²) in [5.74, 6) is 0.591. The number of nitrogens with one attached hydrogen (secondary N) is 1. The van der Waals surface area contributed by atoms with E-state index in [9.17, 15) is 5.11 Å². The average molecular weight is 344 g/mol. The Hall–Kier alpha value is -2.20. The highest BCUT2D eigenvalue weighted by molar-refractivity contribution is 6.32. The first-order chi connectivity index (χ1) is 11.6. The largest absolute Gasteiger partial charge is 0.506 e. The summed E-state index contributed by atoms with van der Waals surface area (Å²) >= 11 is 6.21. The number of nitrogens with zero attached hydrogens (tertiary/aromatic N) is 1. The van der Waals surface area contributed by atoms with Gasteiger partial charge in [-0.25, -0.2) is 0 Å². The average Bonchev–Trinajstić information content (AvgIpc) is 2.61. The van der Waals surface area contributed by atoms with E-state index >= 15 is 0 Å². The number of nitrogens with two attached hydrogens (primary N) is 1. The number of anilines is 2. The molecule has 0 amide bonds. The van der Waals surface area contributed by atoms with Gasteiger partial charge in [-0.2, -0.15) is 5.10 Å². The van der Waals surface area contributed by atoms with E-state index in [1.807, 2.05) is 24.3 Å². The maximum Gasteiger partial charge on any atom is 0.143 e. The van der Waals surface area contributed by atoms with Gasteiger partial charge >= 0.3 is 0 Å². The van der Waals surface area contributed by atoms with Crippen LogP contribution in [0.15, 0.2) is 41.5 Å². The van der Waals surface area contributed by atoms with Crippen LogP contribution in [0.25, 0.3) is 0 Å². The van der Waals surface area contributed by atoms with E-state index in [1.165, 1.54) is 37.7 Å². The number of phenols is 1. The molecule has 0 radical (unpaired) electrons. The molecule has 0 unspecified atom stereocenters. The minimum absolute atomic E-state index is 0.0686. The van der Waals surface area contributed by atoms with Crippen molar-refractivity contribution in [2.75, 3.05) is 11.2 Å². The van der Waals surface area contributed by atoms with Crippen LogP contribution in [0.4, 0.5) is 11.4 Å². The summed E-state index contributed by atoms with van der Waals surface area (Å²) < 4.78 is 0. The SMILES string of the molecule is Nc1ccc(N/N=C/c2cc(C3CCCCC3)cc(Cl)c2O)cc1. The first-order valence-corrected chi connectivity index (χ1v) is 8.68. The minimum atomic E-state index is 0.0686. The molecule has 1 saturated carbocycles. The quantitative estimate of drug-likeness (QED) is 0.410. The van der Waals surface area contributed by atoms with Crippen molar-refractivity contribution in [3.63, 3.8) is 0 Å². The third-order valence-corrected chi connectivity index (χ3v) is 4.79. The molecule has 3 rings (SSSR count). The fourth-order valence-electron chi connectivity index (χ4n) is 3.15. The highest BCUT2D eigenvalue weighted by Crippen LogP contribution is 2.37.